The van der Waals surface area contributed by atoms with Crippen LogP contribution in [0.1, 0.15) is 5.56 Å². The second-order valence-corrected chi connectivity index (χ2v) is 4.47. The third-order valence-corrected chi connectivity index (χ3v) is 2.86. The van der Waals surface area contributed by atoms with Gasteiger partial charge in [0.15, 0.2) is 0 Å². The summed E-state index contributed by atoms with van der Waals surface area (Å²) < 4.78 is 40.5. The summed E-state index contributed by atoms with van der Waals surface area (Å²) in [4.78, 5) is 0. The van der Waals surface area contributed by atoms with E-state index >= 15 is 0 Å². The molecule has 0 heterocycles. The third kappa shape index (κ3) is 3.65. The maximum absolute atomic E-state index is 12.2. The van der Waals surface area contributed by atoms with Crippen LogP contribution in [-0.2, 0) is 6.61 Å². The molecule has 0 spiro atoms. The molecule has 1 N–H and O–H groups in total. The molecule has 0 unspecified atom stereocenters. The first-order chi connectivity index (χ1) is 9.39. The van der Waals surface area contributed by atoms with Gasteiger partial charge in [-0.15, -0.1) is 13.2 Å². The van der Waals surface area contributed by atoms with Gasteiger partial charge >= 0.3 is 6.36 Å². The molecule has 0 aliphatic heterocycles. The van der Waals surface area contributed by atoms with Gasteiger partial charge in [-0.05, 0) is 41.0 Å². The summed E-state index contributed by atoms with van der Waals surface area (Å²) in [6, 6.07) is 10.3. The fraction of sp³-hybridized carbons (Fsp3) is 0.143. The number of ether oxygens (including phenoxy) is 1. The summed E-state index contributed by atoms with van der Waals surface area (Å²) in [6.45, 7) is -0.239. The summed E-state index contributed by atoms with van der Waals surface area (Å²) in [7, 11) is 0. The van der Waals surface area contributed by atoms with Gasteiger partial charge in [0, 0.05) is 5.02 Å². The van der Waals surface area contributed by atoms with Crippen LogP contribution in [0.3, 0.4) is 0 Å². The van der Waals surface area contributed by atoms with Crippen molar-refractivity contribution >= 4 is 11.6 Å². The summed E-state index contributed by atoms with van der Waals surface area (Å²) in [6.07, 6.45) is -4.74. The molecule has 0 saturated carbocycles. The molecule has 6 heteroatoms. The Kier molecular flexibility index (Phi) is 4.20. The number of rotatable bonds is 3. The van der Waals surface area contributed by atoms with Crippen LogP contribution in [-0.4, -0.2) is 11.5 Å². The molecule has 0 fully saturated rings. The van der Waals surface area contributed by atoms with Gasteiger partial charge in [0.2, 0.25) is 0 Å². The van der Waals surface area contributed by atoms with Crippen molar-refractivity contribution in [1.82, 2.24) is 0 Å². The van der Waals surface area contributed by atoms with Crippen molar-refractivity contribution in [3.8, 4) is 16.9 Å². The molecule has 0 atom stereocenters. The molecular formula is C14H10ClF3O2. The first kappa shape index (κ1) is 14.7. The van der Waals surface area contributed by atoms with Crippen LogP contribution in [0.2, 0.25) is 5.02 Å². The molecule has 0 saturated heterocycles. The van der Waals surface area contributed by atoms with Gasteiger partial charge in [0.05, 0.1) is 6.61 Å². The fourth-order valence-electron chi connectivity index (χ4n) is 1.82. The van der Waals surface area contributed by atoms with Crippen LogP contribution in [0, 0.1) is 0 Å². The maximum Gasteiger partial charge on any atom is 0.573 e. The van der Waals surface area contributed by atoms with Crippen molar-refractivity contribution in [1.29, 1.82) is 0 Å². The normalized spacial score (nSPS) is 11.4. The lowest BCUT2D eigenvalue weighted by molar-refractivity contribution is -0.274. The molecule has 2 aromatic carbocycles. The van der Waals surface area contributed by atoms with Crippen LogP contribution in [0.5, 0.6) is 5.75 Å². The number of alkyl halides is 3. The van der Waals surface area contributed by atoms with Crippen molar-refractivity contribution < 1.29 is 23.0 Å². The quantitative estimate of drug-likeness (QED) is 0.910. The van der Waals surface area contributed by atoms with Gasteiger partial charge in [-0.1, -0.05) is 29.8 Å². The molecule has 0 amide bonds. The molecule has 106 valence electrons. The summed E-state index contributed by atoms with van der Waals surface area (Å²) in [5.41, 5.74) is 1.62. The van der Waals surface area contributed by atoms with Crippen molar-refractivity contribution in [3.05, 3.63) is 53.1 Å². The van der Waals surface area contributed by atoms with E-state index in [2.05, 4.69) is 4.74 Å². The first-order valence-corrected chi connectivity index (χ1v) is 6.02. The number of benzene rings is 2. The van der Waals surface area contributed by atoms with Crippen LogP contribution >= 0.6 is 11.6 Å². The molecular weight excluding hydrogens is 293 g/mol. The van der Waals surface area contributed by atoms with E-state index in [4.69, 9.17) is 11.6 Å². The van der Waals surface area contributed by atoms with Crippen molar-refractivity contribution in [2.45, 2.75) is 13.0 Å². The SMILES string of the molecule is OCc1ccc(Cl)cc1-c1cccc(OC(F)(F)F)c1. The number of hydrogen-bond acceptors (Lipinski definition) is 2. The highest BCUT2D eigenvalue weighted by Crippen LogP contribution is 2.31. The highest BCUT2D eigenvalue weighted by atomic mass is 35.5. The van der Waals surface area contributed by atoms with E-state index in [1.807, 2.05) is 0 Å². The van der Waals surface area contributed by atoms with Crippen LogP contribution in [0.4, 0.5) is 13.2 Å². The van der Waals surface area contributed by atoms with Gasteiger partial charge in [-0.3, -0.25) is 0 Å². The van der Waals surface area contributed by atoms with E-state index in [0.717, 1.165) is 0 Å². The Labute approximate surface area is 118 Å². The lowest BCUT2D eigenvalue weighted by Gasteiger charge is -2.12. The minimum absolute atomic E-state index is 0.239. The Balaban J connectivity index is 2.43. The van der Waals surface area contributed by atoms with Crippen LogP contribution in [0.15, 0.2) is 42.5 Å². The van der Waals surface area contributed by atoms with Crippen molar-refractivity contribution in [2.24, 2.45) is 0 Å². The Bertz CT molecular complexity index is 612. The van der Waals surface area contributed by atoms with Gasteiger partial charge in [0.1, 0.15) is 5.75 Å². The van der Waals surface area contributed by atoms with E-state index in [-0.39, 0.29) is 12.4 Å². The number of aliphatic hydroxyl groups is 1. The molecule has 0 aliphatic rings. The third-order valence-electron chi connectivity index (χ3n) is 2.62. The lowest BCUT2D eigenvalue weighted by Crippen LogP contribution is -2.17. The molecule has 0 aliphatic carbocycles. The van der Waals surface area contributed by atoms with Gasteiger partial charge in [-0.2, -0.15) is 0 Å². The van der Waals surface area contributed by atoms with Gasteiger partial charge in [-0.25, -0.2) is 0 Å². The molecule has 20 heavy (non-hydrogen) atoms. The Hall–Kier alpha value is -1.72. The maximum atomic E-state index is 12.2. The number of hydrogen-bond donors (Lipinski definition) is 1. The minimum atomic E-state index is -4.74. The largest absolute Gasteiger partial charge is 0.573 e. The monoisotopic (exact) mass is 302 g/mol. The summed E-state index contributed by atoms with van der Waals surface area (Å²) >= 11 is 5.88. The van der Waals surface area contributed by atoms with E-state index in [1.54, 1.807) is 24.3 Å². The Morgan fingerprint density at radius 1 is 1.10 bits per heavy atom. The predicted octanol–water partition coefficient (Wildman–Crippen LogP) is 4.40. The van der Waals surface area contributed by atoms with E-state index in [9.17, 15) is 18.3 Å². The zero-order valence-electron chi connectivity index (χ0n) is 10.1. The highest BCUT2D eigenvalue weighted by molar-refractivity contribution is 6.30. The number of aliphatic hydroxyl groups excluding tert-OH is 1. The second-order valence-electron chi connectivity index (χ2n) is 4.04. The topological polar surface area (TPSA) is 29.5 Å². The minimum Gasteiger partial charge on any atom is -0.406 e. The smallest absolute Gasteiger partial charge is 0.406 e. The predicted molar refractivity (Wildman–Crippen MR) is 69.5 cm³/mol. The molecule has 2 aromatic rings. The van der Waals surface area contributed by atoms with Crippen LogP contribution < -0.4 is 4.74 Å². The highest BCUT2D eigenvalue weighted by Gasteiger charge is 2.31. The van der Waals surface area contributed by atoms with E-state index in [1.165, 1.54) is 18.2 Å². The fourth-order valence-corrected chi connectivity index (χ4v) is 1.99. The second kappa shape index (κ2) is 5.73. The standard InChI is InChI=1S/C14H10ClF3O2/c15-11-5-4-10(8-19)13(7-11)9-2-1-3-12(6-9)20-14(16,17)18/h1-7,19H,8H2. The summed E-state index contributed by atoms with van der Waals surface area (Å²) in [5, 5.41) is 9.70. The Morgan fingerprint density at radius 2 is 1.85 bits per heavy atom. The van der Waals surface area contributed by atoms with Gasteiger partial charge < -0.3 is 9.84 Å². The van der Waals surface area contributed by atoms with Crippen LogP contribution in [0.25, 0.3) is 11.1 Å². The lowest BCUT2D eigenvalue weighted by atomic mass is 10.00. The number of halogens is 4. The first-order valence-electron chi connectivity index (χ1n) is 5.64. The van der Waals surface area contributed by atoms with Gasteiger partial charge in [0.25, 0.3) is 0 Å². The van der Waals surface area contributed by atoms with Crippen molar-refractivity contribution in [2.75, 3.05) is 0 Å². The van der Waals surface area contributed by atoms with Crippen molar-refractivity contribution in [3.63, 3.8) is 0 Å². The average Bonchev–Trinajstić information content (AvgIpc) is 2.37. The molecule has 2 rings (SSSR count). The Morgan fingerprint density at radius 3 is 2.50 bits per heavy atom. The molecule has 2 nitrogen and oxygen atoms in total. The zero-order valence-corrected chi connectivity index (χ0v) is 10.9. The molecule has 0 aromatic heterocycles. The zero-order chi connectivity index (χ0) is 14.8. The molecule has 0 radical (unpaired) electrons. The molecule has 0 bridgehead atoms. The summed E-state index contributed by atoms with van der Waals surface area (Å²) in [5.74, 6) is -0.320. The average molecular weight is 303 g/mol. The van der Waals surface area contributed by atoms with E-state index in [0.29, 0.717) is 21.7 Å². The van der Waals surface area contributed by atoms with E-state index < -0.39 is 6.36 Å².